The van der Waals surface area contributed by atoms with Gasteiger partial charge in [0.25, 0.3) is 0 Å². The molecule has 7 heteroatoms. The third-order valence-corrected chi connectivity index (χ3v) is 5.13. The predicted molar refractivity (Wildman–Crippen MR) is 95.7 cm³/mol. The highest BCUT2D eigenvalue weighted by molar-refractivity contribution is 7.88. The van der Waals surface area contributed by atoms with E-state index in [4.69, 9.17) is 4.74 Å². The Morgan fingerprint density at radius 3 is 2.46 bits per heavy atom. The molecule has 0 aliphatic carbocycles. The third kappa shape index (κ3) is 6.49. The zero-order chi connectivity index (χ0) is 18.2. The smallest absolute Gasteiger partial charge is 0.237 e. The van der Waals surface area contributed by atoms with E-state index in [1.165, 1.54) is 4.31 Å². The molecule has 0 aliphatic rings. The molecule has 0 aromatic heterocycles. The molecular formula is C17H28N2O4S. The Morgan fingerprint density at radius 2 is 1.88 bits per heavy atom. The summed E-state index contributed by atoms with van der Waals surface area (Å²) in [5, 5.41) is 0. The first-order chi connectivity index (χ1) is 11.3. The second-order valence-electron chi connectivity index (χ2n) is 5.83. The maximum atomic E-state index is 12.2. The maximum Gasteiger partial charge on any atom is 0.237 e. The summed E-state index contributed by atoms with van der Waals surface area (Å²) in [6, 6.07) is 7.48. The second kappa shape index (κ2) is 9.64. The van der Waals surface area contributed by atoms with Gasteiger partial charge in [0, 0.05) is 20.1 Å². The Labute approximate surface area is 145 Å². The number of amides is 1. The fourth-order valence-electron chi connectivity index (χ4n) is 2.31. The minimum Gasteiger partial charge on any atom is -0.496 e. The fraction of sp³-hybridized carbons (Fsp3) is 0.588. The molecule has 0 saturated heterocycles. The van der Waals surface area contributed by atoms with E-state index in [1.807, 2.05) is 31.2 Å². The second-order valence-corrected chi connectivity index (χ2v) is 7.81. The van der Waals surface area contributed by atoms with Gasteiger partial charge in [0.05, 0.1) is 19.9 Å². The Balaban J connectivity index is 2.75. The van der Waals surface area contributed by atoms with E-state index in [9.17, 15) is 13.2 Å². The quantitative estimate of drug-likeness (QED) is 0.641. The van der Waals surface area contributed by atoms with Crippen LogP contribution in [0.4, 0.5) is 0 Å². The molecule has 1 amide bonds. The Hall–Kier alpha value is -1.60. The summed E-state index contributed by atoms with van der Waals surface area (Å²) < 4.78 is 30.5. The van der Waals surface area contributed by atoms with Crippen molar-refractivity contribution in [3.8, 4) is 5.75 Å². The Bertz CT molecular complexity index is 631. The number of ether oxygens (including phenoxy) is 1. The monoisotopic (exact) mass is 356 g/mol. The van der Waals surface area contributed by atoms with E-state index < -0.39 is 10.0 Å². The summed E-state index contributed by atoms with van der Waals surface area (Å²) in [6.45, 7) is 2.80. The third-order valence-electron chi connectivity index (χ3n) is 3.88. The van der Waals surface area contributed by atoms with Crippen LogP contribution < -0.4 is 4.74 Å². The first-order valence-corrected chi connectivity index (χ1v) is 9.95. The van der Waals surface area contributed by atoms with Crippen LogP contribution in [-0.4, -0.2) is 63.6 Å². The standard InChI is InChI=1S/C17H28N2O4S/c1-5-6-12-18(2)17(20)14-19(24(4,21)22)13-11-15-9-7-8-10-16(15)23-3/h7-10H,5-6,11-14H2,1-4H3. The molecule has 0 bridgehead atoms. The van der Waals surface area contributed by atoms with E-state index in [0.29, 0.717) is 13.0 Å². The van der Waals surface area contributed by atoms with Gasteiger partial charge in [0.1, 0.15) is 5.75 Å². The molecule has 0 saturated carbocycles. The molecular weight excluding hydrogens is 328 g/mol. The summed E-state index contributed by atoms with van der Waals surface area (Å²) in [4.78, 5) is 13.8. The molecule has 1 rings (SSSR count). The van der Waals surface area contributed by atoms with Crippen LogP contribution >= 0.6 is 0 Å². The number of hydrogen-bond acceptors (Lipinski definition) is 4. The van der Waals surface area contributed by atoms with E-state index >= 15 is 0 Å². The van der Waals surface area contributed by atoms with E-state index in [0.717, 1.165) is 30.4 Å². The van der Waals surface area contributed by atoms with Crippen LogP contribution in [0.3, 0.4) is 0 Å². The summed E-state index contributed by atoms with van der Waals surface area (Å²) in [7, 11) is -0.169. The maximum absolute atomic E-state index is 12.2. The number of benzene rings is 1. The number of carbonyl (C=O) groups is 1. The van der Waals surface area contributed by atoms with Gasteiger partial charge >= 0.3 is 0 Å². The van der Waals surface area contributed by atoms with E-state index in [1.54, 1.807) is 19.1 Å². The van der Waals surface area contributed by atoms with Crippen molar-refractivity contribution in [1.29, 1.82) is 0 Å². The molecule has 0 heterocycles. The summed E-state index contributed by atoms with van der Waals surface area (Å²) in [5.74, 6) is 0.534. The van der Waals surface area contributed by atoms with Gasteiger partial charge in [-0.3, -0.25) is 4.79 Å². The molecule has 0 atom stereocenters. The van der Waals surface area contributed by atoms with E-state index in [-0.39, 0.29) is 19.0 Å². The largest absolute Gasteiger partial charge is 0.496 e. The predicted octanol–water partition coefficient (Wildman–Crippen LogP) is 1.76. The van der Waals surface area contributed by atoms with Crippen molar-refractivity contribution in [2.24, 2.45) is 0 Å². The SMILES string of the molecule is CCCCN(C)C(=O)CN(CCc1ccccc1OC)S(C)(=O)=O. The highest BCUT2D eigenvalue weighted by Crippen LogP contribution is 2.18. The van der Waals surface area contributed by atoms with Crippen molar-refractivity contribution in [2.45, 2.75) is 26.2 Å². The highest BCUT2D eigenvalue weighted by Gasteiger charge is 2.22. The van der Waals surface area contributed by atoms with Crippen LogP contribution in [0.1, 0.15) is 25.3 Å². The number of carbonyl (C=O) groups excluding carboxylic acids is 1. The fourth-order valence-corrected chi connectivity index (χ4v) is 3.08. The summed E-state index contributed by atoms with van der Waals surface area (Å²) >= 11 is 0. The van der Waals surface area contributed by atoms with Gasteiger partial charge in [0.2, 0.25) is 15.9 Å². The van der Waals surface area contributed by atoms with Gasteiger partial charge in [-0.05, 0) is 24.5 Å². The van der Waals surface area contributed by atoms with Gasteiger partial charge in [-0.25, -0.2) is 8.42 Å². The van der Waals surface area contributed by atoms with E-state index in [2.05, 4.69) is 0 Å². The van der Waals surface area contributed by atoms with Crippen molar-refractivity contribution in [3.63, 3.8) is 0 Å². The molecule has 0 aliphatic heterocycles. The van der Waals surface area contributed by atoms with Crippen molar-refractivity contribution >= 4 is 15.9 Å². The number of likely N-dealkylation sites (N-methyl/N-ethyl adjacent to an activating group) is 1. The number of sulfonamides is 1. The molecule has 1 aromatic carbocycles. The molecule has 0 radical (unpaired) electrons. The topological polar surface area (TPSA) is 66.9 Å². The molecule has 0 spiro atoms. The van der Waals surface area contributed by atoms with Crippen LogP contribution in [0.25, 0.3) is 0 Å². The van der Waals surface area contributed by atoms with Gasteiger partial charge in [-0.2, -0.15) is 4.31 Å². The van der Waals surface area contributed by atoms with Gasteiger partial charge in [-0.1, -0.05) is 31.5 Å². The minimum atomic E-state index is -3.46. The van der Waals surface area contributed by atoms with Crippen LogP contribution in [0, 0.1) is 0 Å². The molecule has 136 valence electrons. The highest BCUT2D eigenvalue weighted by atomic mass is 32.2. The van der Waals surface area contributed by atoms with Crippen LogP contribution in [0.5, 0.6) is 5.75 Å². The normalized spacial score (nSPS) is 11.5. The number of rotatable bonds is 10. The minimum absolute atomic E-state index is 0.131. The number of nitrogens with zero attached hydrogens (tertiary/aromatic N) is 2. The lowest BCUT2D eigenvalue weighted by Gasteiger charge is -2.23. The molecule has 1 aromatic rings. The summed E-state index contributed by atoms with van der Waals surface area (Å²) in [6.07, 6.45) is 3.52. The first kappa shape index (κ1) is 20.4. The van der Waals surface area contributed by atoms with Crippen molar-refractivity contribution in [3.05, 3.63) is 29.8 Å². The van der Waals surface area contributed by atoms with Gasteiger partial charge in [-0.15, -0.1) is 0 Å². The Kier molecular flexibility index (Phi) is 8.21. The number of hydrogen-bond donors (Lipinski definition) is 0. The van der Waals surface area contributed by atoms with Crippen LogP contribution in [0.2, 0.25) is 0 Å². The number of unbranched alkanes of at least 4 members (excludes halogenated alkanes) is 1. The van der Waals surface area contributed by atoms with Gasteiger partial charge in [0.15, 0.2) is 0 Å². The molecule has 6 nitrogen and oxygen atoms in total. The molecule has 24 heavy (non-hydrogen) atoms. The van der Waals surface area contributed by atoms with Crippen molar-refractivity contribution in [2.75, 3.05) is 40.0 Å². The zero-order valence-electron chi connectivity index (χ0n) is 15.0. The average molecular weight is 356 g/mol. The van der Waals surface area contributed by atoms with Crippen LogP contribution in [0.15, 0.2) is 24.3 Å². The number of para-hydroxylation sites is 1. The molecule has 0 N–H and O–H groups in total. The number of methoxy groups -OCH3 is 1. The lowest BCUT2D eigenvalue weighted by Crippen LogP contribution is -2.42. The summed E-state index contributed by atoms with van der Waals surface area (Å²) in [5.41, 5.74) is 0.917. The van der Waals surface area contributed by atoms with Crippen molar-refractivity contribution < 1.29 is 17.9 Å². The zero-order valence-corrected chi connectivity index (χ0v) is 15.8. The lowest BCUT2D eigenvalue weighted by molar-refractivity contribution is -0.130. The first-order valence-electron chi connectivity index (χ1n) is 8.10. The Morgan fingerprint density at radius 1 is 1.21 bits per heavy atom. The van der Waals surface area contributed by atoms with Crippen molar-refractivity contribution in [1.82, 2.24) is 9.21 Å². The lowest BCUT2D eigenvalue weighted by atomic mass is 10.1. The average Bonchev–Trinajstić information content (AvgIpc) is 2.55. The molecule has 0 fully saturated rings. The molecule has 0 unspecified atom stereocenters. The van der Waals surface area contributed by atoms with Crippen LogP contribution in [-0.2, 0) is 21.2 Å². The van der Waals surface area contributed by atoms with Gasteiger partial charge < -0.3 is 9.64 Å².